The maximum Gasteiger partial charge on any atom is 0.212 e. The minimum absolute atomic E-state index is 0.575. The Balaban J connectivity index is 2.88. The molecule has 18 heavy (non-hydrogen) atoms. The van der Waals surface area contributed by atoms with Crippen LogP contribution >= 0.6 is 0 Å². The van der Waals surface area contributed by atoms with Crippen molar-refractivity contribution in [3.63, 3.8) is 0 Å². The molecule has 5 nitrogen and oxygen atoms in total. The van der Waals surface area contributed by atoms with Crippen LogP contribution in [0.5, 0.6) is 0 Å². The second kappa shape index (κ2) is 6.98. The first-order valence-corrected chi connectivity index (χ1v) is 5.90. The van der Waals surface area contributed by atoms with E-state index in [4.69, 9.17) is 10.6 Å². The first-order valence-electron chi connectivity index (χ1n) is 5.90. The molecule has 1 rings (SSSR count). The molecule has 0 saturated carbocycles. The molecule has 0 aliphatic rings. The van der Waals surface area contributed by atoms with E-state index >= 15 is 0 Å². The largest absolute Gasteiger partial charge is 0.383 e. The number of rotatable bonds is 4. The third-order valence-electron chi connectivity index (χ3n) is 2.60. The summed E-state index contributed by atoms with van der Waals surface area (Å²) in [6, 6.07) is 6.32. The van der Waals surface area contributed by atoms with E-state index in [1.807, 2.05) is 11.9 Å². The number of hydrogen-bond acceptors (Lipinski definition) is 3. The zero-order valence-electron chi connectivity index (χ0n) is 11.5. The lowest BCUT2D eigenvalue weighted by molar-refractivity contribution is 0.208. The summed E-state index contributed by atoms with van der Waals surface area (Å²) < 4.78 is 4.97. The molecule has 0 amide bonds. The summed E-state index contributed by atoms with van der Waals surface area (Å²) in [5.74, 6) is 6.13. The zero-order chi connectivity index (χ0) is 13.5. The predicted molar refractivity (Wildman–Crippen MR) is 75.8 cm³/mol. The maximum atomic E-state index is 5.51. The smallest absolute Gasteiger partial charge is 0.212 e. The van der Waals surface area contributed by atoms with Gasteiger partial charge in [0.1, 0.15) is 0 Å². The van der Waals surface area contributed by atoms with Gasteiger partial charge in [0.05, 0.1) is 13.2 Å². The van der Waals surface area contributed by atoms with Gasteiger partial charge in [0.25, 0.3) is 0 Å². The molecule has 0 heterocycles. The molecule has 0 spiro atoms. The monoisotopic (exact) mass is 250 g/mol. The number of hydrogen-bond donors (Lipinski definition) is 2. The van der Waals surface area contributed by atoms with E-state index in [0.29, 0.717) is 19.1 Å². The fourth-order valence-corrected chi connectivity index (χ4v) is 1.76. The second-order valence-electron chi connectivity index (χ2n) is 4.25. The number of benzene rings is 1. The highest BCUT2D eigenvalue weighted by Gasteiger charge is 2.08. The van der Waals surface area contributed by atoms with Crippen LogP contribution in [0.25, 0.3) is 0 Å². The number of nitrogens with zero attached hydrogens (tertiary/aromatic N) is 2. The Kier molecular flexibility index (Phi) is 5.61. The average Bonchev–Trinajstić information content (AvgIpc) is 2.33. The van der Waals surface area contributed by atoms with Crippen LogP contribution < -0.4 is 16.2 Å². The van der Waals surface area contributed by atoms with Gasteiger partial charge in [-0.3, -0.25) is 5.43 Å². The molecule has 0 aromatic heterocycles. The first kappa shape index (κ1) is 14.5. The maximum absolute atomic E-state index is 5.51. The fourth-order valence-electron chi connectivity index (χ4n) is 1.76. The summed E-state index contributed by atoms with van der Waals surface area (Å²) in [6.07, 6.45) is 0. The van der Waals surface area contributed by atoms with E-state index in [1.54, 1.807) is 7.11 Å². The van der Waals surface area contributed by atoms with Crippen molar-refractivity contribution in [3.05, 3.63) is 29.3 Å². The van der Waals surface area contributed by atoms with Crippen molar-refractivity contribution in [2.75, 3.05) is 32.2 Å². The molecule has 0 aliphatic carbocycles. The number of nitrogens with two attached hydrogens (primary N) is 1. The van der Waals surface area contributed by atoms with Crippen molar-refractivity contribution < 1.29 is 4.74 Å². The van der Waals surface area contributed by atoms with E-state index < -0.39 is 0 Å². The molecule has 0 aliphatic heterocycles. The van der Waals surface area contributed by atoms with Gasteiger partial charge in [-0.2, -0.15) is 0 Å². The summed E-state index contributed by atoms with van der Waals surface area (Å²) in [5, 5.41) is 0. The molecule has 0 unspecified atom stereocenters. The Bertz CT molecular complexity index is 397. The Morgan fingerprint density at radius 1 is 1.33 bits per heavy atom. The molecule has 100 valence electrons. The van der Waals surface area contributed by atoms with Crippen molar-refractivity contribution in [3.8, 4) is 0 Å². The third kappa shape index (κ3) is 4.01. The number of guanidine groups is 1. The van der Waals surface area contributed by atoms with Crippen molar-refractivity contribution in [2.45, 2.75) is 13.8 Å². The van der Waals surface area contributed by atoms with Crippen LogP contribution in [-0.4, -0.2) is 33.3 Å². The van der Waals surface area contributed by atoms with Crippen molar-refractivity contribution >= 4 is 11.6 Å². The number of nitrogens with one attached hydrogen (secondary N) is 1. The van der Waals surface area contributed by atoms with E-state index in [9.17, 15) is 0 Å². The fraction of sp³-hybridized carbons (Fsp3) is 0.462. The Morgan fingerprint density at radius 2 is 1.94 bits per heavy atom. The van der Waals surface area contributed by atoms with Gasteiger partial charge < -0.3 is 9.64 Å². The van der Waals surface area contributed by atoms with Crippen molar-refractivity contribution in [1.82, 2.24) is 5.43 Å². The van der Waals surface area contributed by atoms with Gasteiger partial charge in [-0.25, -0.2) is 10.8 Å². The Morgan fingerprint density at radius 3 is 2.44 bits per heavy atom. The number of ether oxygens (including phenoxy) is 1. The number of anilines is 1. The summed E-state index contributed by atoms with van der Waals surface area (Å²) in [6.45, 7) is 5.29. The van der Waals surface area contributed by atoms with Crippen molar-refractivity contribution in [2.24, 2.45) is 10.8 Å². The molecule has 1 aromatic carbocycles. The van der Waals surface area contributed by atoms with E-state index in [2.05, 4.69) is 42.5 Å². The van der Waals surface area contributed by atoms with Crippen LogP contribution in [-0.2, 0) is 4.74 Å². The van der Waals surface area contributed by atoms with Gasteiger partial charge in [0, 0.05) is 19.8 Å². The number of aryl methyl sites for hydroxylation is 2. The Hall–Kier alpha value is -1.59. The van der Waals surface area contributed by atoms with E-state index in [-0.39, 0.29) is 0 Å². The summed E-state index contributed by atoms with van der Waals surface area (Å²) in [7, 11) is 3.58. The highest BCUT2D eigenvalue weighted by atomic mass is 16.5. The van der Waals surface area contributed by atoms with E-state index in [0.717, 1.165) is 5.69 Å². The van der Waals surface area contributed by atoms with Gasteiger partial charge in [0.2, 0.25) is 5.96 Å². The highest BCUT2D eigenvalue weighted by molar-refractivity contribution is 5.95. The molecule has 0 saturated heterocycles. The van der Waals surface area contributed by atoms with Gasteiger partial charge in [-0.1, -0.05) is 6.07 Å². The molecule has 0 bridgehead atoms. The van der Waals surface area contributed by atoms with Gasteiger partial charge in [-0.05, 0) is 37.1 Å². The number of aliphatic imine (C=N–C) groups is 1. The minimum atomic E-state index is 0.575. The molecule has 1 aromatic rings. The molecule has 0 fully saturated rings. The van der Waals surface area contributed by atoms with Gasteiger partial charge in [-0.15, -0.1) is 0 Å². The Labute approximate surface area is 109 Å². The lowest BCUT2D eigenvalue weighted by Crippen LogP contribution is -2.43. The topological polar surface area (TPSA) is 62.9 Å². The van der Waals surface area contributed by atoms with Crippen LogP contribution in [0.15, 0.2) is 23.2 Å². The van der Waals surface area contributed by atoms with Gasteiger partial charge >= 0.3 is 0 Å². The summed E-state index contributed by atoms with van der Waals surface area (Å²) in [5.41, 5.74) is 6.10. The van der Waals surface area contributed by atoms with E-state index in [1.165, 1.54) is 11.1 Å². The number of methoxy groups -OCH3 is 1. The molecule has 0 radical (unpaired) electrons. The normalized spacial score (nSPS) is 11.5. The van der Waals surface area contributed by atoms with Gasteiger partial charge in [0.15, 0.2) is 0 Å². The van der Waals surface area contributed by atoms with Crippen LogP contribution in [0.3, 0.4) is 0 Å². The third-order valence-corrected chi connectivity index (χ3v) is 2.60. The van der Waals surface area contributed by atoms with Crippen LogP contribution in [0.1, 0.15) is 11.1 Å². The predicted octanol–water partition coefficient (Wildman–Crippen LogP) is 1.21. The van der Waals surface area contributed by atoms with Crippen molar-refractivity contribution in [1.29, 1.82) is 0 Å². The average molecular weight is 250 g/mol. The summed E-state index contributed by atoms with van der Waals surface area (Å²) >= 11 is 0. The van der Waals surface area contributed by atoms with Crippen LogP contribution in [0.4, 0.5) is 5.69 Å². The molecular weight excluding hydrogens is 228 g/mol. The first-order chi connectivity index (χ1) is 8.58. The standard InChI is InChI=1S/C13H22N4O/c1-10-7-11(2)9-12(8-10)17(3)13(16-14)15-5-6-18-4/h7-9H,5-6,14H2,1-4H3,(H,15,16). The summed E-state index contributed by atoms with van der Waals surface area (Å²) in [4.78, 5) is 6.28. The second-order valence-corrected chi connectivity index (χ2v) is 4.25. The molecule has 0 atom stereocenters. The van der Waals surface area contributed by atoms with Crippen LogP contribution in [0, 0.1) is 13.8 Å². The lowest BCUT2D eigenvalue weighted by Gasteiger charge is -2.21. The highest BCUT2D eigenvalue weighted by Crippen LogP contribution is 2.17. The molecule has 5 heteroatoms. The lowest BCUT2D eigenvalue weighted by atomic mass is 10.1. The quantitative estimate of drug-likeness (QED) is 0.277. The molecular formula is C13H22N4O. The zero-order valence-corrected chi connectivity index (χ0v) is 11.5. The number of hydrazine groups is 1. The molecule has 3 N–H and O–H groups in total. The SMILES string of the molecule is COCCN=C(NN)N(C)c1cc(C)cc(C)c1. The minimum Gasteiger partial charge on any atom is -0.383 e. The van der Waals surface area contributed by atoms with Crippen LogP contribution in [0.2, 0.25) is 0 Å².